The van der Waals surface area contributed by atoms with Crippen LogP contribution < -0.4 is 4.74 Å². The van der Waals surface area contributed by atoms with E-state index in [0.717, 1.165) is 60.5 Å². The Hall–Kier alpha value is -3.94. The average Bonchev–Trinajstić information content (AvgIpc) is 2.93. The van der Waals surface area contributed by atoms with Gasteiger partial charge in [0.05, 0.1) is 12.2 Å². The van der Waals surface area contributed by atoms with E-state index >= 15 is 0 Å². The summed E-state index contributed by atoms with van der Waals surface area (Å²) in [6.07, 6.45) is 4.46. The molecule has 0 amide bonds. The van der Waals surface area contributed by atoms with Crippen LogP contribution in [0.15, 0.2) is 84.9 Å². The molecule has 0 atom stereocenters. The van der Waals surface area contributed by atoms with E-state index < -0.39 is 11.6 Å². The van der Waals surface area contributed by atoms with E-state index in [9.17, 15) is 8.78 Å². The van der Waals surface area contributed by atoms with Crippen molar-refractivity contribution in [1.82, 2.24) is 0 Å². The van der Waals surface area contributed by atoms with Gasteiger partial charge in [-0.3, -0.25) is 0 Å². The molecule has 0 heterocycles. The quantitative estimate of drug-likeness (QED) is 0.157. The molecule has 194 valence electrons. The van der Waals surface area contributed by atoms with Crippen LogP contribution >= 0.6 is 0 Å². The summed E-state index contributed by atoms with van der Waals surface area (Å²) in [5.74, 6) is 5.09. The van der Waals surface area contributed by atoms with Crippen LogP contribution in [-0.2, 0) is 4.74 Å². The maximum Gasteiger partial charge on any atom is 0.142 e. The number of aryl methyl sites for hydroxylation is 1. The van der Waals surface area contributed by atoms with Crippen molar-refractivity contribution in [2.75, 3.05) is 20.3 Å². The van der Waals surface area contributed by atoms with Crippen LogP contribution in [0.3, 0.4) is 0 Å². The largest absolute Gasteiger partial charge is 0.494 e. The second-order valence-corrected chi connectivity index (χ2v) is 9.29. The van der Waals surface area contributed by atoms with Crippen molar-refractivity contribution in [2.45, 2.75) is 32.6 Å². The van der Waals surface area contributed by atoms with E-state index in [0.29, 0.717) is 11.1 Å². The van der Waals surface area contributed by atoms with Crippen LogP contribution in [0.2, 0.25) is 0 Å². The van der Waals surface area contributed by atoms with E-state index in [1.165, 1.54) is 18.6 Å². The van der Waals surface area contributed by atoms with Crippen molar-refractivity contribution in [3.63, 3.8) is 0 Å². The fourth-order valence-electron chi connectivity index (χ4n) is 4.19. The predicted octanol–water partition coefficient (Wildman–Crippen LogP) is 8.59. The normalized spacial score (nSPS) is 10.6. The SMILES string of the molecule is COCCCCCCOc1ccc(-c2ccc(-c3ccc(C#Cc4c(F)cc(C)cc4F)cc3)cc2)cc1. The van der Waals surface area contributed by atoms with Gasteiger partial charge >= 0.3 is 0 Å². The lowest BCUT2D eigenvalue weighted by atomic mass is 9.99. The van der Waals surface area contributed by atoms with E-state index in [1.807, 2.05) is 36.4 Å². The molecule has 0 aliphatic heterocycles. The van der Waals surface area contributed by atoms with Crippen LogP contribution in [0.5, 0.6) is 5.75 Å². The van der Waals surface area contributed by atoms with Crippen molar-refractivity contribution in [2.24, 2.45) is 0 Å². The highest BCUT2D eigenvalue weighted by Crippen LogP contribution is 2.27. The molecule has 2 nitrogen and oxygen atoms in total. The first kappa shape index (κ1) is 27.1. The highest BCUT2D eigenvalue weighted by Gasteiger charge is 2.07. The maximum absolute atomic E-state index is 14.0. The fourth-order valence-corrected chi connectivity index (χ4v) is 4.19. The molecule has 0 bridgehead atoms. The maximum atomic E-state index is 14.0. The molecule has 0 aliphatic rings. The number of benzene rings is 4. The summed E-state index contributed by atoms with van der Waals surface area (Å²) in [6, 6.07) is 26.8. The summed E-state index contributed by atoms with van der Waals surface area (Å²) in [6.45, 7) is 3.20. The summed E-state index contributed by atoms with van der Waals surface area (Å²) in [4.78, 5) is 0. The lowest BCUT2D eigenvalue weighted by molar-refractivity contribution is 0.191. The van der Waals surface area contributed by atoms with Gasteiger partial charge in [-0.25, -0.2) is 8.78 Å². The molecule has 0 spiro atoms. The third-order valence-corrected chi connectivity index (χ3v) is 6.32. The van der Waals surface area contributed by atoms with Crippen LogP contribution in [0.25, 0.3) is 22.3 Å². The van der Waals surface area contributed by atoms with Crippen molar-refractivity contribution in [3.8, 4) is 39.8 Å². The Balaban J connectivity index is 1.33. The van der Waals surface area contributed by atoms with E-state index in [4.69, 9.17) is 9.47 Å². The number of rotatable bonds is 10. The molecule has 4 rings (SSSR count). The van der Waals surface area contributed by atoms with E-state index in [-0.39, 0.29) is 5.56 Å². The van der Waals surface area contributed by atoms with Gasteiger partial charge in [0.1, 0.15) is 17.4 Å². The average molecular weight is 511 g/mol. The molecule has 0 radical (unpaired) electrons. The van der Waals surface area contributed by atoms with Crippen molar-refractivity contribution in [1.29, 1.82) is 0 Å². The van der Waals surface area contributed by atoms with Crippen LogP contribution in [0.4, 0.5) is 8.78 Å². The van der Waals surface area contributed by atoms with Gasteiger partial charge in [0.15, 0.2) is 0 Å². The molecule has 0 saturated carbocycles. The van der Waals surface area contributed by atoms with Gasteiger partial charge in [-0.2, -0.15) is 0 Å². The summed E-state index contributed by atoms with van der Waals surface area (Å²) in [7, 11) is 1.74. The Morgan fingerprint density at radius 1 is 0.605 bits per heavy atom. The Morgan fingerprint density at radius 2 is 1.08 bits per heavy atom. The minimum atomic E-state index is -0.640. The van der Waals surface area contributed by atoms with Gasteiger partial charge in [0.25, 0.3) is 0 Å². The first-order valence-electron chi connectivity index (χ1n) is 12.9. The molecule has 0 fully saturated rings. The molecule has 0 saturated heterocycles. The number of ether oxygens (including phenoxy) is 2. The third kappa shape index (κ3) is 7.54. The highest BCUT2D eigenvalue weighted by molar-refractivity contribution is 5.71. The minimum absolute atomic E-state index is 0.205. The first-order chi connectivity index (χ1) is 18.5. The van der Waals surface area contributed by atoms with Gasteiger partial charge in [0, 0.05) is 19.3 Å². The van der Waals surface area contributed by atoms with Crippen molar-refractivity contribution in [3.05, 3.63) is 113 Å². The molecule has 38 heavy (non-hydrogen) atoms. The number of halogens is 2. The zero-order valence-corrected chi connectivity index (χ0v) is 21.9. The molecule has 4 heteroatoms. The zero-order valence-electron chi connectivity index (χ0n) is 21.9. The summed E-state index contributed by atoms with van der Waals surface area (Å²) >= 11 is 0. The molecular weight excluding hydrogens is 478 g/mol. The second-order valence-electron chi connectivity index (χ2n) is 9.29. The van der Waals surface area contributed by atoms with Gasteiger partial charge in [-0.15, -0.1) is 0 Å². The van der Waals surface area contributed by atoms with Crippen molar-refractivity contribution >= 4 is 0 Å². The Labute approximate surface area is 224 Å². The third-order valence-electron chi connectivity index (χ3n) is 6.32. The number of unbranched alkanes of at least 4 members (excludes halogenated alkanes) is 3. The molecule has 4 aromatic rings. The zero-order chi connectivity index (χ0) is 26.7. The first-order valence-corrected chi connectivity index (χ1v) is 12.9. The number of hydrogen-bond donors (Lipinski definition) is 0. The van der Waals surface area contributed by atoms with Gasteiger partial charge < -0.3 is 9.47 Å². The number of hydrogen-bond acceptors (Lipinski definition) is 2. The predicted molar refractivity (Wildman–Crippen MR) is 150 cm³/mol. The molecular formula is C34H32F2O2. The molecule has 0 N–H and O–H groups in total. The monoisotopic (exact) mass is 510 g/mol. The number of methoxy groups -OCH3 is 1. The van der Waals surface area contributed by atoms with Crippen LogP contribution in [-0.4, -0.2) is 20.3 Å². The van der Waals surface area contributed by atoms with Gasteiger partial charge in [0.2, 0.25) is 0 Å². The Kier molecular flexibility index (Phi) is 9.67. The van der Waals surface area contributed by atoms with Crippen LogP contribution in [0, 0.1) is 30.4 Å². The smallest absolute Gasteiger partial charge is 0.142 e. The lowest BCUT2D eigenvalue weighted by Crippen LogP contribution is -1.97. The standard InChI is InChI=1S/C34H32F2O2/c1-25-23-33(35)32(34(36)24-25)20-9-26-7-10-27(11-8-26)28-12-14-29(15-13-28)30-16-18-31(19-17-30)38-22-6-4-3-5-21-37-2/h7-8,10-19,23-24H,3-6,21-22H2,1-2H3. The summed E-state index contributed by atoms with van der Waals surface area (Å²) in [5.41, 5.74) is 5.40. The van der Waals surface area contributed by atoms with Gasteiger partial charge in [-0.05, 0) is 90.4 Å². The minimum Gasteiger partial charge on any atom is -0.494 e. The van der Waals surface area contributed by atoms with Crippen LogP contribution in [0.1, 0.15) is 42.4 Å². The molecule has 0 unspecified atom stereocenters. The van der Waals surface area contributed by atoms with E-state index in [1.54, 1.807) is 14.0 Å². The second kappa shape index (κ2) is 13.6. The molecule has 0 aliphatic carbocycles. The topological polar surface area (TPSA) is 18.5 Å². The van der Waals surface area contributed by atoms with E-state index in [2.05, 4.69) is 48.2 Å². The lowest BCUT2D eigenvalue weighted by Gasteiger charge is -2.08. The highest BCUT2D eigenvalue weighted by atomic mass is 19.1. The summed E-state index contributed by atoms with van der Waals surface area (Å²) in [5, 5.41) is 0. The Bertz CT molecular complexity index is 1360. The Morgan fingerprint density at radius 3 is 1.61 bits per heavy atom. The van der Waals surface area contributed by atoms with Gasteiger partial charge in [-0.1, -0.05) is 66.8 Å². The fraction of sp³-hybridized carbons (Fsp3) is 0.235. The molecule has 0 aromatic heterocycles. The molecule has 4 aromatic carbocycles. The summed E-state index contributed by atoms with van der Waals surface area (Å²) < 4.78 is 39.0. The van der Waals surface area contributed by atoms with Crippen molar-refractivity contribution < 1.29 is 18.3 Å².